The molecule has 0 aliphatic heterocycles. The van der Waals surface area contributed by atoms with Crippen molar-refractivity contribution in [1.29, 1.82) is 0 Å². The highest BCUT2D eigenvalue weighted by atomic mass is 19.2. The highest BCUT2D eigenvalue weighted by Gasteiger charge is 2.17. The number of nitrogens with zero attached hydrogens (tertiary/aromatic N) is 4. The molecule has 0 aliphatic carbocycles. The summed E-state index contributed by atoms with van der Waals surface area (Å²) in [5.41, 5.74) is -0.0583. The Balaban J connectivity index is 2.15. The summed E-state index contributed by atoms with van der Waals surface area (Å²) < 4.78 is 26.6. The summed E-state index contributed by atoms with van der Waals surface area (Å²) in [4.78, 5) is 24.6. The van der Waals surface area contributed by atoms with Crippen molar-refractivity contribution in [2.24, 2.45) is 0 Å². The second-order valence-corrected chi connectivity index (χ2v) is 3.55. The Bertz CT molecular complexity index is 656. The summed E-state index contributed by atoms with van der Waals surface area (Å²) in [6.45, 7) is -0.355. The zero-order valence-corrected chi connectivity index (χ0v) is 9.29. The summed E-state index contributed by atoms with van der Waals surface area (Å²) in [6.07, 6.45) is 1.01. The molecule has 0 saturated heterocycles. The van der Waals surface area contributed by atoms with Gasteiger partial charge in [-0.25, -0.2) is 8.78 Å². The first-order valence-electron chi connectivity index (χ1n) is 4.99. The van der Waals surface area contributed by atoms with E-state index >= 15 is 0 Å². The van der Waals surface area contributed by atoms with Crippen LogP contribution in [0.5, 0.6) is 0 Å². The summed E-state index contributed by atoms with van der Waals surface area (Å²) in [5, 5.41) is 13.8. The minimum absolute atomic E-state index is 0.0583. The van der Waals surface area contributed by atoms with Gasteiger partial charge in [0.2, 0.25) is 6.33 Å². The van der Waals surface area contributed by atoms with Crippen LogP contribution in [0.25, 0.3) is 0 Å². The van der Waals surface area contributed by atoms with Gasteiger partial charge in [-0.3, -0.25) is 4.79 Å². The predicted octanol–water partition coefficient (Wildman–Crippen LogP) is 1.35. The molecule has 0 unspecified atom stereocenters. The third-order valence-corrected chi connectivity index (χ3v) is 2.23. The fourth-order valence-electron chi connectivity index (χ4n) is 1.35. The van der Waals surface area contributed by atoms with Gasteiger partial charge in [0.15, 0.2) is 17.4 Å². The lowest BCUT2D eigenvalue weighted by Gasteiger charge is -1.99. The van der Waals surface area contributed by atoms with Crippen LogP contribution in [0.2, 0.25) is 0 Å². The van der Waals surface area contributed by atoms with Gasteiger partial charge in [0.1, 0.15) is 6.54 Å². The predicted molar refractivity (Wildman–Crippen MR) is 57.4 cm³/mol. The Morgan fingerprint density at radius 2 is 2.11 bits per heavy atom. The van der Waals surface area contributed by atoms with Crippen molar-refractivity contribution < 1.29 is 18.5 Å². The van der Waals surface area contributed by atoms with Crippen LogP contribution < -0.4 is 0 Å². The number of Topliss-reactive ketones (excluding diaryl/α,β-unsaturated/α-hetero) is 1. The number of carbonyl (C=O) groups is 1. The largest absolute Gasteiger partial charge is 0.490 e. The first kappa shape index (κ1) is 12.7. The molecule has 0 saturated carbocycles. The van der Waals surface area contributed by atoms with Crippen molar-refractivity contribution in [2.75, 3.05) is 0 Å². The number of carbonyl (C=O) groups excluding carboxylic acids is 1. The Kier molecular flexibility index (Phi) is 3.27. The van der Waals surface area contributed by atoms with E-state index in [4.69, 9.17) is 0 Å². The molecule has 19 heavy (non-hydrogen) atoms. The molecule has 0 fully saturated rings. The number of halogens is 2. The van der Waals surface area contributed by atoms with Gasteiger partial charge in [0, 0.05) is 10.7 Å². The number of ketones is 1. The van der Waals surface area contributed by atoms with Crippen molar-refractivity contribution in [1.82, 2.24) is 14.8 Å². The monoisotopic (exact) mass is 268 g/mol. The fourth-order valence-corrected chi connectivity index (χ4v) is 1.35. The minimum atomic E-state index is -1.14. The average molecular weight is 268 g/mol. The van der Waals surface area contributed by atoms with E-state index in [1.807, 2.05) is 0 Å². The molecular weight excluding hydrogens is 262 g/mol. The lowest BCUT2D eigenvalue weighted by molar-refractivity contribution is -0.394. The second kappa shape index (κ2) is 4.88. The molecule has 2 rings (SSSR count). The summed E-state index contributed by atoms with van der Waals surface area (Å²) >= 11 is 0. The van der Waals surface area contributed by atoms with Crippen LogP contribution in [-0.4, -0.2) is 25.5 Å². The molecule has 9 heteroatoms. The molecule has 2 aromatic rings. The van der Waals surface area contributed by atoms with Crippen LogP contribution in [0.4, 0.5) is 14.7 Å². The number of hydrogen-bond acceptors (Lipinski definition) is 5. The van der Waals surface area contributed by atoms with E-state index in [2.05, 4.69) is 10.1 Å². The molecule has 0 N–H and O–H groups in total. The normalized spacial score (nSPS) is 10.4. The third kappa shape index (κ3) is 2.76. The fraction of sp³-hybridized carbons (Fsp3) is 0.100. The van der Waals surface area contributed by atoms with Gasteiger partial charge in [-0.15, -0.1) is 0 Å². The van der Waals surface area contributed by atoms with Gasteiger partial charge >= 0.3 is 5.95 Å². The quantitative estimate of drug-likeness (QED) is 0.474. The summed E-state index contributed by atoms with van der Waals surface area (Å²) in [7, 11) is 0. The molecule has 0 atom stereocenters. The van der Waals surface area contributed by atoms with E-state index in [0.29, 0.717) is 0 Å². The zero-order valence-electron chi connectivity index (χ0n) is 9.29. The maximum Gasteiger partial charge on any atom is 0.490 e. The molecule has 0 aliphatic rings. The van der Waals surface area contributed by atoms with Crippen LogP contribution >= 0.6 is 0 Å². The van der Waals surface area contributed by atoms with Gasteiger partial charge in [0.25, 0.3) is 0 Å². The van der Waals surface area contributed by atoms with E-state index in [-0.39, 0.29) is 12.1 Å². The number of rotatable bonds is 4. The Morgan fingerprint density at radius 1 is 1.37 bits per heavy atom. The number of aromatic nitrogens is 3. The Hall–Kier alpha value is -2.71. The van der Waals surface area contributed by atoms with Gasteiger partial charge in [-0.05, 0) is 23.1 Å². The van der Waals surface area contributed by atoms with Crippen molar-refractivity contribution in [3.05, 3.63) is 51.8 Å². The molecule has 7 nitrogen and oxygen atoms in total. The lowest BCUT2D eigenvalue weighted by Crippen LogP contribution is -2.11. The molecule has 0 radical (unpaired) electrons. The van der Waals surface area contributed by atoms with Crippen LogP contribution in [-0.2, 0) is 6.54 Å². The maximum atomic E-state index is 12.9. The topological polar surface area (TPSA) is 90.9 Å². The molecule has 0 amide bonds. The first-order chi connectivity index (χ1) is 8.97. The van der Waals surface area contributed by atoms with E-state index in [1.165, 1.54) is 0 Å². The van der Waals surface area contributed by atoms with E-state index < -0.39 is 28.3 Å². The number of hydrogen-bond donors (Lipinski definition) is 0. The van der Waals surface area contributed by atoms with Crippen LogP contribution in [0.1, 0.15) is 10.4 Å². The lowest BCUT2D eigenvalue weighted by atomic mass is 10.1. The maximum absolute atomic E-state index is 12.9. The van der Waals surface area contributed by atoms with Gasteiger partial charge in [0.05, 0.1) is 0 Å². The van der Waals surface area contributed by atoms with Crippen LogP contribution in [0.15, 0.2) is 24.5 Å². The second-order valence-electron chi connectivity index (χ2n) is 3.55. The Morgan fingerprint density at radius 3 is 2.68 bits per heavy atom. The molecule has 0 spiro atoms. The van der Waals surface area contributed by atoms with Crippen molar-refractivity contribution >= 4 is 11.7 Å². The average Bonchev–Trinajstić information content (AvgIpc) is 2.81. The van der Waals surface area contributed by atoms with Crippen molar-refractivity contribution in [3.8, 4) is 0 Å². The van der Waals surface area contributed by atoms with E-state index in [1.54, 1.807) is 0 Å². The molecule has 1 aromatic carbocycles. The van der Waals surface area contributed by atoms with Crippen LogP contribution in [0.3, 0.4) is 0 Å². The first-order valence-corrected chi connectivity index (χ1v) is 4.99. The molecule has 1 heterocycles. The number of benzene rings is 1. The number of nitro groups is 1. The van der Waals surface area contributed by atoms with Gasteiger partial charge < -0.3 is 10.1 Å². The van der Waals surface area contributed by atoms with Gasteiger partial charge in [-0.2, -0.15) is 4.68 Å². The zero-order chi connectivity index (χ0) is 14.0. The smallest absolute Gasteiger partial charge is 0.390 e. The standard InChI is InChI=1S/C10H6F2N4O3/c11-7-2-1-6(3-8(7)12)9(17)4-15-5-13-10(14-15)16(18)19/h1-3,5H,4H2. The van der Waals surface area contributed by atoms with E-state index in [0.717, 1.165) is 29.2 Å². The van der Waals surface area contributed by atoms with Crippen molar-refractivity contribution in [3.63, 3.8) is 0 Å². The van der Waals surface area contributed by atoms with Crippen molar-refractivity contribution in [2.45, 2.75) is 6.54 Å². The highest BCUT2D eigenvalue weighted by molar-refractivity contribution is 5.95. The molecular formula is C10H6F2N4O3. The SMILES string of the molecule is O=C(Cn1cnc([N+](=O)[O-])n1)c1ccc(F)c(F)c1. The summed E-state index contributed by atoms with van der Waals surface area (Å²) in [5.74, 6) is -3.42. The highest BCUT2D eigenvalue weighted by Crippen LogP contribution is 2.10. The van der Waals surface area contributed by atoms with Gasteiger partial charge in [-0.1, -0.05) is 4.98 Å². The minimum Gasteiger partial charge on any atom is -0.390 e. The molecule has 1 aromatic heterocycles. The van der Waals surface area contributed by atoms with E-state index in [9.17, 15) is 23.7 Å². The molecule has 0 bridgehead atoms. The Labute approximate surface area is 104 Å². The summed E-state index contributed by atoms with van der Waals surface area (Å²) in [6, 6.07) is 2.70. The third-order valence-electron chi connectivity index (χ3n) is 2.23. The van der Waals surface area contributed by atoms with Crippen LogP contribution in [0, 0.1) is 21.7 Å². The molecule has 98 valence electrons.